The fourth-order valence-corrected chi connectivity index (χ4v) is 4.69. The third kappa shape index (κ3) is 9.25. The van der Waals surface area contributed by atoms with E-state index in [0.29, 0.717) is 0 Å². The molecule has 1 fully saturated rings. The molecule has 0 bridgehead atoms. The summed E-state index contributed by atoms with van der Waals surface area (Å²) in [6.45, 7) is 4.19. The number of nitrogens with zero attached hydrogens (tertiary/aromatic N) is 1. The van der Waals surface area contributed by atoms with Crippen molar-refractivity contribution in [1.29, 1.82) is 0 Å². The number of benzene rings is 2. The van der Waals surface area contributed by atoms with E-state index in [1.165, 1.54) is 38.4 Å². The van der Waals surface area contributed by atoms with Gasteiger partial charge in [0, 0.05) is 18.3 Å². The molecular weight excluding hydrogens is 608 g/mol. The van der Waals surface area contributed by atoms with Crippen LogP contribution in [0.1, 0.15) is 42.4 Å². The number of rotatable bonds is 10. The minimum Gasteiger partial charge on any atom is -0.493 e. The Morgan fingerprint density at radius 2 is 1.68 bits per heavy atom. The number of esters is 4. The van der Waals surface area contributed by atoms with Gasteiger partial charge in [0.15, 0.2) is 23.6 Å². The highest BCUT2D eigenvalue weighted by Gasteiger charge is 2.42. The maximum Gasteiger partial charge on any atom is 0.336 e. The van der Waals surface area contributed by atoms with Crippen molar-refractivity contribution in [2.24, 2.45) is 11.8 Å². The van der Waals surface area contributed by atoms with Gasteiger partial charge in [0.05, 0.1) is 13.0 Å². The molecule has 246 valence electrons. The molecule has 3 aromatic rings. The molecule has 1 aliphatic rings. The van der Waals surface area contributed by atoms with E-state index >= 15 is 0 Å². The van der Waals surface area contributed by atoms with Gasteiger partial charge in [-0.15, -0.1) is 0 Å². The van der Waals surface area contributed by atoms with Gasteiger partial charge in [-0.25, -0.2) is 14.6 Å². The fraction of sp³-hybridized carbons (Fsp3) is 0.314. The number of amides is 1. The van der Waals surface area contributed by atoms with Crippen molar-refractivity contribution in [2.45, 2.75) is 45.4 Å². The molecule has 0 aliphatic carbocycles. The van der Waals surface area contributed by atoms with Gasteiger partial charge in [0.1, 0.15) is 18.6 Å². The van der Waals surface area contributed by atoms with Gasteiger partial charge in [-0.1, -0.05) is 74.5 Å². The van der Waals surface area contributed by atoms with Crippen LogP contribution in [0, 0.1) is 11.8 Å². The van der Waals surface area contributed by atoms with Crippen molar-refractivity contribution >= 4 is 35.9 Å². The van der Waals surface area contributed by atoms with Gasteiger partial charge in [0.2, 0.25) is 5.75 Å². The summed E-state index contributed by atoms with van der Waals surface area (Å²) in [5.41, 5.74) is 1.14. The monoisotopic (exact) mass is 644 g/mol. The highest BCUT2D eigenvalue weighted by atomic mass is 16.6. The zero-order valence-electron chi connectivity index (χ0n) is 26.4. The lowest BCUT2D eigenvalue weighted by Gasteiger charge is -2.29. The van der Waals surface area contributed by atoms with Gasteiger partial charge in [-0.3, -0.25) is 14.4 Å². The molecule has 1 aliphatic heterocycles. The molecule has 12 nitrogen and oxygen atoms in total. The maximum atomic E-state index is 13.5. The molecular formula is C35H36N2O10. The van der Waals surface area contributed by atoms with Crippen LogP contribution in [0.3, 0.4) is 0 Å². The Bertz CT molecular complexity index is 1610. The zero-order valence-corrected chi connectivity index (χ0v) is 26.4. The quantitative estimate of drug-likeness (QED) is 0.195. The van der Waals surface area contributed by atoms with Crippen LogP contribution in [0.15, 0.2) is 79.0 Å². The zero-order chi connectivity index (χ0) is 33.9. The number of pyridine rings is 1. The van der Waals surface area contributed by atoms with Gasteiger partial charge in [0.25, 0.3) is 5.91 Å². The van der Waals surface area contributed by atoms with Crippen LogP contribution in [0.25, 0.3) is 6.08 Å². The molecule has 4 rings (SSSR count). The number of aromatic nitrogens is 1. The second-order valence-corrected chi connectivity index (χ2v) is 11.0. The lowest BCUT2D eigenvalue weighted by atomic mass is 9.91. The summed E-state index contributed by atoms with van der Waals surface area (Å²) in [5.74, 6) is -5.83. The van der Waals surface area contributed by atoms with E-state index in [-0.39, 0.29) is 23.6 Å². The Balaban J connectivity index is 1.56. The average molecular weight is 645 g/mol. The Labute approximate surface area is 272 Å². The summed E-state index contributed by atoms with van der Waals surface area (Å²) in [5, 5.41) is 2.46. The van der Waals surface area contributed by atoms with E-state index in [2.05, 4.69) is 10.3 Å². The molecule has 2 heterocycles. The van der Waals surface area contributed by atoms with Crippen LogP contribution >= 0.6 is 0 Å². The molecule has 47 heavy (non-hydrogen) atoms. The summed E-state index contributed by atoms with van der Waals surface area (Å²) in [6.07, 6.45) is 1.84. The minimum atomic E-state index is -1.49. The smallest absolute Gasteiger partial charge is 0.336 e. The Morgan fingerprint density at radius 1 is 1.00 bits per heavy atom. The third-order valence-corrected chi connectivity index (χ3v) is 7.19. The molecule has 1 amide bonds. The SMILES string of the molecule is COc1ccnc(C(=O)NC2COC(=O)[C@H](Cc3ccccc3)C(OC(=O)C(C)C)[C@H](C)OC2=O)c1OC(=O)/C=C/c1ccccc1. The first kappa shape index (κ1) is 34.4. The summed E-state index contributed by atoms with van der Waals surface area (Å²) in [4.78, 5) is 69.7. The molecule has 1 aromatic heterocycles. The number of carbonyl (C=O) groups excluding carboxylic acids is 5. The van der Waals surface area contributed by atoms with Crippen LogP contribution in [0.4, 0.5) is 0 Å². The van der Waals surface area contributed by atoms with Gasteiger partial charge in [-0.2, -0.15) is 0 Å². The second kappa shape index (κ2) is 16.2. The first-order valence-corrected chi connectivity index (χ1v) is 15.0. The second-order valence-electron chi connectivity index (χ2n) is 11.0. The van der Waals surface area contributed by atoms with E-state index in [0.717, 1.165) is 11.1 Å². The number of hydrogen-bond donors (Lipinski definition) is 1. The van der Waals surface area contributed by atoms with Crippen LogP contribution in [0.2, 0.25) is 0 Å². The molecule has 12 heteroatoms. The minimum absolute atomic E-state index is 0.0299. The maximum absolute atomic E-state index is 13.5. The molecule has 1 saturated heterocycles. The molecule has 2 unspecified atom stereocenters. The Kier molecular flexibility index (Phi) is 11.8. The van der Waals surface area contributed by atoms with Crippen molar-refractivity contribution in [3.8, 4) is 11.5 Å². The molecule has 0 spiro atoms. The summed E-state index contributed by atoms with van der Waals surface area (Å²) in [6, 6.07) is 18.0. The van der Waals surface area contributed by atoms with Gasteiger partial charge < -0.3 is 29.0 Å². The standard InChI is InChI=1S/C35H36N2O10/c1-21(2)33(40)47-30-22(3)45-35(42)26(20-44-34(41)25(30)19-24-13-9-6-10-14-24)37-32(39)29-31(27(43-4)17-18-36-29)46-28(38)16-15-23-11-7-5-8-12-23/h5-18,21-22,25-26,30H,19-20H2,1-4H3,(H,37,39)/b16-15+/t22-,25+,26?,30?/m0/s1. The van der Waals surface area contributed by atoms with Crippen LogP contribution < -0.4 is 14.8 Å². The van der Waals surface area contributed by atoms with Crippen molar-refractivity contribution in [2.75, 3.05) is 13.7 Å². The average Bonchev–Trinajstić information content (AvgIpc) is 3.10. The lowest BCUT2D eigenvalue weighted by Crippen LogP contribution is -2.47. The van der Waals surface area contributed by atoms with Crippen molar-refractivity contribution in [1.82, 2.24) is 10.3 Å². The van der Waals surface area contributed by atoms with E-state index in [1.807, 2.05) is 24.3 Å². The molecule has 0 saturated carbocycles. The van der Waals surface area contributed by atoms with Gasteiger partial charge >= 0.3 is 23.9 Å². The molecule has 4 atom stereocenters. The predicted octanol–water partition coefficient (Wildman–Crippen LogP) is 3.72. The topological polar surface area (TPSA) is 156 Å². The highest BCUT2D eigenvalue weighted by Crippen LogP contribution is 2.30. The van der Waals surface area contributed by atoms with Crippen molar-refractivity contribution in [3.05, 3.63) is 95.8 Å². The highest BCUT2D eigenvalue weighted by molar-refractivity contribution is 5.99. The Hall–Kier alpha value is -5.52. The normalized spacial score (nSPS) is 19.9. The predicted molar refractivity (Wildman–Crippen MR) is 168 cm³/mol. The number of carbonyl (C=O) groups is 5. The summed E-state index contributed by atoms with van der Waals surface area (Å²) in [7, 11) is 1.32. The van der Waals surface area contributed by atoms with Crippen molar-refractivity contribution in [3.63, 3.8) is 0 Å². The fourth-order valence-electron chi connectivity index (χ4n) is 4.69. The number of hydrogen-bond acceptors (Lipinski definition) is 11. The van der Waals surface area contributed by atoms with Crippen molar-refractivity contribution < 1.29 is 47.7 Å². The van der Waals surface area contributed by atoms with E-state index in [9.17, 15) is 24.0 Å². The number of cyclic esters (lactones) is 2. The number of nitrogens with one attached hydrogen (secondary N) is 1. The number of ether oxygens (including phenoxy) is 5. The van der Waals surface area contributed by atoms with Crippen LogP contribution in [-0.4, -0.2) is 66.7 Å². The lowest BCUT2D eigenvalue weighted by molar-refractivity contribution is -0.176. The van der Waals surface area contributed by atoms with Crippen LogP contribution in [-0.2, 0) is 39.8 Å². The third-order valence-electron chi connectivity index (χ3n) is 7.19. The molecule has 1 N–H and O–H groups in total. The summed E-state index contributed by atoms with van der Waals surface area (Å²) >= 11 is 0. The first-order valence-electron chi connectivity index (χ1n) is 15.0. The van der Waals surface area contributed by atoms with Crippen LogP contribution in [0.5, 0.6) is 11.5 Å². The summed E-state index contributed by atoms with van der Waals surface area (Å²) < 4.78 is 27.6. The van der Waals surface area contributed by atoms with Gasteiger partial charge in [-0.05, 0) is 30.5 Å². The molecule has 0 radical (unpaired) electrons. The van der Waals surface area contributed by atoms with E-state index in [4.69, 9.17) is 23.7 Å². The number of methoxy groups -OCH3 is 1. The Morgan fingerprint density at radius 3 is 2.34 bits per heavy atom. The molecule has 2 aromatic carbocycles. The first-order chi connectivity index (χ1) is 22.6. The van der Waals surface area contributed by atoms with E-state index in [1.54, 1.807) is 50.2 Å². The van der Waals surface area contributed by atoms with E-state index < -0.39 is 66.5 Å². The largest absolute Gasteiger partial charge is 0.493 e.